The van der Waals surface area contributed by atoms with Crippen LogP contribution >= 0.6 is 11.6 Å². The van der Waals surface area contributed by atoms with Gasteiger partial charge in [-0.25, -0.2) is 0 Å². The first-order chi connectivity index (χ1) is 11.5. The van der Waals surface area contributed by atoms with Crippen LogP contribution in [0.4, 0.5) is 11.9 Å². The molecule has 0 amide bonds. The minimum atomic E-state index is 0.109. The highest BCUT2D eigenvalue weighted by Crippen LogP contribution is 2.26. The van der Waals surface area contributed by atoms with Gasteiger partial charge in [0.1, 0.15) is 17.7 Å². The van der Waals surface area contributed by atoms with Crippen molar-refractivity contribution in [2.45, 2.75) is 19.1 Å². The smallest absolute Gasteiger partial charge is 0.229 e. The Morgan fingerprint density at radius 1 is 1.29 bits per heavy atom. The molecular formula is C16H21ClN6O. The van der Waals surface area contributed by atoms with Crippen molar-refractivity contribution in [1.82, 2.24) is 19.9 Å². The van der Waals surface area contributed by atoms with Gasteiger partial charge in [0, 0.05) is 27.2 Å². The molecular weight excluding hydrogens is 328 g/mol. The Morgan fingerprint density at radius 3 is 2.83 bits per heavy atom. The number of nitrogens with zero attached hydrogens (tertiary/aromatic N) is 5. The Hall–Kier alpha value is -2.12. The molecule has 1 atom stereocenters. The van der Waals surface area contributed by atoms with Crippen molar-refractivity contribution in [2.24, 2.45) is 0 Å². The van der Waals surface area contributed by atoms with Crippen molar-refractivity contribution in [3.63, 3.8) is 0 Å². The molecule has 0 aliphatic carbocycles. The summed E-state index contributed by atoms with van der Waals surface area (Å²) in [5.41, 5.74) is 5.77. The second-order valence-corrected chi connectivity index (χ2v) is 6.41. The Labute approximate surface area is 146 Å². The number of aromatic nitrogens is 3. The van der Waals surface area contributed by atoms with E-state index in [0.29, 0.717) is 23.3 Å². The van der Waals surface area contributed by atoms with Gasteiger partial charge < -0.3 is 15.4 Å². The molecule has 0 radical (unpaired) electrons. The van der Waals surface area contributed by atoms with Crippen molar-refractivity contribution < 1.29 is 4.74 Å². The molecule has 1 aliphatic rings. The van der Waals surface area contributed by atoms with Gasteiger partial charge in [0.05, 0.1) is 11.6 Å². The zero-order chi connectivity index (χ0) is 17.1. The predicted octanol–water partition coefficient (Wildman–Crippen LogP) is 1.83. The summed E-state index contributed by atoms with van der Waals surface area (Å²) in [4.78, 5) is 16.8. The Morgan fingerprint density at radius 2 is 2.08 bits per heavy atom. The number of rotatable bonds is 5. The molecule has 2 aromatic rings. The number of likely N-dealkylation sites (tertiary alicyclic amines) is 1. The highest BCUT2D eigenvalue weighted by molar-refractivity contribution is 6.32. The highest BCUT2D eigenvalue weighted by Gasteiger charge is 2.25. The molecule has 1 aromatic carbocycles. The summed E-state index contributed by atoms with van der Waals surface area (Å²) < 4.78 is 6.00. The Bertz CT molecular complexity index is 711. The second kappa shape index (κ2) is 7.19. The number of anilines is 2. The van der Waals surface area contributed by atoms with E-state index in [1.165, 1.54) is 0 Å². The van der Waals surface area contributed by atoms with Gasteiger partial charge in [0.25, 0.3) is 0 Å². The molecule has 0 saturated carbocycles. The number of hydrogen-bond acceptors (Lipinski definition) is 7. The van der Waals surface area contributed by atoms with Crippen LogP contribution in [-0.2, 0) is 6.54 Å². The van der Waals surface area contributed by atoms with E-state index in [4.69, 9.17) is 22.1 Å². The maximum atomic E-state index is 6.15. The third-order valence-corrected chi connectivity index (χ3v) is 4.12. The predicted molar refractivity (Wildman–Crippen MR) is 94.3 cm³/mol. The third kappa shape index (κ3) is 4.04. The minimum absolute atomic E-state index is 0.109. The molecule has 0 unspecified atom stereocenters. The van der Waals surface area contributed by atoms with E-state index in [1.807, 2.05) is 43.3 Å². The van der Waals surface area contributed by atoms with Crippen LogP contribution in [0.5, 0.6) is 5.75 Å². The van der Waals surface area contributed by atoms with Gasteiger partial charge in [-0.1, -0.05) is 23.7 Å². The summed E-state index contributed by atoms with van der Waals surface area (Å²) >= 11 is 6.15. The van der Waals surface area contributed by atoms with E-state index in [9.17, 15) is 0 Å². The number of halogens is 1. The molecule has 0 bridgehead atoms. The van der Waals surface area contributed by atoms with Gasteiger partial charge in [0.15, 0.2) is 0 Å². The first-order valence-corrected chi connectivity index (χ1v) is 8.20. The van der Waals surface area contributed by atoms with Crippen LogP contribution in [0.1, 0.15) is 12.2 Å². The van der Waals surface area contributed by atoms with E-state index in [0.717, 1.165) is 25.3 Å². The molecule has 1 aromatic heterocycles. The van der Waals surface area contributed by atoms with E-state index >= 15 is 0 Å². The molecule has 7 nitrogen and oxygen atoms in total. The maximum absolute atomic E-state index is 6.15. The molecule has 128 valence electrons. The molecule has 24 heavy (non-hydrogen) atoms. The molecule has 1 saturated heterocycles. The number of nitrogens with two attached hydrogens (primary N) is 1. The summed E-state index contributed by atoms with van der Waals surface area (Å²) in [6, 6.07) is 7.54. The number of hydrogen-bond donors (Lipinski definition) is 1. The minimum Gasteiger partial charge on any atom is -0.487 e. The fourth-order valence-corrected chi connectivity index (χ4v) is 2.83. The molecule has 2 N–H and O–H groups in total. The van der Waals surface area contributed by atoms with Crippen LogP contribution in [0.15, 0.2) is 24.3 Å². The van der Waals surface area contributed by atoms with Gasteiger partial charge >= 0.3 is 0 Å². The molecule has 8 heteroatoms. The zero-order valence-electron chi connectivity index (χ0n) is 13.8. The van der Waals surface area contributed by atoms with E-state index < -0.39 is 0 Å². The van der Waals surface area contributed by atoms with Crippen molar-refractivity contribution in [3.8, 4) is 5.75 Å². The Balaban J connectivity index is 1.61. The van der Waals surface area contributed by atoms with E-state index in [-0.39, 0.29) is 12.1 Å². The van der Waals surface area contributed by atoms with Crippen LogP contribution in [-0.4, -0.2) is 53.1 Å². The summed E-state index contributed by atoms with van der Waals surface area (Å²) in [7, 11) is 3.75. The number of benzene rings is 1. The van der Waals surface area contributed by atoms with Gasteiger partial charge in [-0.3, -0.25) is 4.90 Å². The summed E-state index contributed by atoms with van der Waals surface area (Å²) in [5.74, 6) is 2.21. The van der Waals surface area contributed by atoms with Gasteiger partial charge in [-0.2, -0.15) is 15.0 Å². The average molecular weight is 349 g/mol. The standard InChI is InChI=1S/C16H21ClN6O/c1-22(2)16-20-14(19-15(18)21-16)10-23-8-7-11(9-23)24-13-6-4-3-5-12(13)17/h3-6,11H,7-10H2,1-2H3,(H2,18,19,20,21)/t11-/m0/s1. The highest BCUT2D eigenvalue weighted by atomic mass is 35.5. The van der Waals surface area contributed by atoms with Crippen molar-refractivity contribution in [1.29, 1.82) is 0 Å². The van der Waals surface area contributed by atoms with E-state index in [1.54, 1.807) is 0 Å². The quantitative estimate of drug-likeness (QED) is 0.882. The van der Waals surface area contributed by atoms with Gasteiger partial charge in [-0.15, -0.1) is 0 Å². The summed E-state index contributed by atoms with van der Waals surface area (Å²) in [6.07, 6.45) is 1.05. The topological polar surface area (TPSA) is 80.4 Å². The Kier molecular flexibility index (Phi) is 5.01. The first kappa shape index (κ1) is 16.7. The lowest BCUT2D eigenvalue weighted by atomic mass is 10.3. The number of para-hydroxylation sites is 1. The van der Waals surface area contributed by atoms with Crippen LogP contribution < -0.4 is 15.4 Å². The zero-order valence-corrected chi connectivity index (χ0v) is 14.6. The first-order valence-electron chi connectivity index (χ1n) is 7.82. The third-order valence-electron chi connectivity index (χ3n) is 3.81. The lowest BCUT2D eigenvalue weighted by Crippen LogP contribution is -2.26. The lowest BCUT2D eigenvalue weighted by molar-refractivity contribution is 0.197. The molecule has 2 heterocycles. The van der Waals surface area contributed by atoms with Crippen LogP contribution in [0, 0.1) is 0 Å². The van der Waals surface area contributed by atoms with Crippen LogP contribution in [0.3, 0.4) is 0 Å². The van der Waals surface area contributed by atoms with Crippen molar-refractivity contribution in [2.75, 3.05) is 37.8 Å². The fourth-order valence-electron chi connectivity index (χ4n) is 2.65. The van der Waals surface area contributed by atoms with Crippen molar-refractivity contribution in [3.05, 3.63) is 35.1 Å². The second-order valence-electron chi connectivity index (χ2n) is 6.00. The van der Waals surface area contributed by atoms with E-state index in [2.05, 4.69) is 19.9 Å². The van der Waals surface area contributed by atoms with Gasteiger partial charge in [0.2, 0.25) is 11.9 Å². The van der Waals surface area contributed by atoms with Crippen molar-refractivity contribution >= 4 is 23.5 Å². The SMILES string of the molecule is CN(C)c1nc(N)nc(CN2CC[C@H](Oc3ccccc3Cl)C2)n1. The number of ether oxygens (including phenoxy) is 1. The normalized spacial score (nSPS) is 17.9. The lowest BCUT2D eigenvalue weighted by Gasteiger charge is -2.17. The van der Waals surface area contributed by atoms with Gasteiger partial charge in [-0.05, 0) is 18.6 Å². The average Bonchev–Trinajstić information content (AvgIpc) is 2.96. The molecule has 0 spiro atoms. The molecule has 3 rings (SSSR count). The largest absolute Gasteiger partial charge is 0.487 e. The maximum Gasteiger partial charge on any atom is 0.229 e. The molecule has 1 fully saturated rings. The van der Waals surface area contributed by atoms with Crippen LogP contribution in [0.2, 0.25) is 5.02 Å². The van der Waals surface area contributed by atoms with Crippen LogP contribution in [0.25, 0.3) is 0 Å². The fraction of sp³-hybridized carbons (Fsp3) is 0.438. The molecule has 1 aliphatic heterocycles. The number of nitrogen functional groups attached to an aromatic ring is 1. The summed E-state index contributed by atoms with van der Waals surface area (Å²) in [5, 5.41) is 0.636. The summed E-state index contributed by atoms with van der Waals surface area (Å²) in [6.45, 7) is 2.34. The monoisotopic (exact) mass is 348 g/mol.